The Morgan fingerprint density at radius 1 is 0.952 bits per heavy atom. The lowest BCUT2D eigenvalue weighted by molar-refractivity contribution is -0.150. The average molecular weight is 282 g/mol. The van der Waals surface area contributed by atoms with Crippen molar-refractivity contribution in [1.29, 1.82) is 0 Å². The van der Waals surface area contributed by atoms with E-state index in [-0.39, 0.29) is 6.54 Å². The van der Waals surface area contributed by atoms with Gasteiger partial charge in [-0.3, -0.25) is 15.0 Å². The van der Waals surface area contributed by atoms with Crippen LogP contribution < -0.4 is 5.32 Å². The van der Waals surface area contributed by atoms with E-state index in [0.717, 1.165) is 10.5 Å². The van der Waals surface area contributed by atoms with E-state index in [1.54, 1.807) is 30.3 Å². The van der Waals surface area contributed by atoms with Gasteiger partial charge in [0.2, 0.25) is 5.72 Å². The summed E-state index contributed by atoms with van der Waals surface area (Å²) < 4.78 is 0. The van der Waals surface area contributed by atoms with E-state index in [9.17, 15) is 14.7 Å². The lowest BCUT2D eigenvalue weighted by atomic mass is 10.0. The van der Waals surface area contributed by atoms with Crippen LogP contribution in [0.5, 0.6) is 0 Å². The van der Waals surface area contributed by atoms with Gasteiger partial charge < -0.3 is 5.11 Å². The highest BCUT2D eigenvalue weighted by Crippen LogP contribution is 2.31. The van der Waals surface area contributed by atoms with Crippen LogP contribution in [0.15, 0.2) is 60.7 Å². The number of carbonyl (C=O) groups is 2. The molecule has 1 aliphatic rings. The first-order valence-corrected chi connectivity index (χ1v) is 6.57. The maximum absolute atomic E-state index is 12.1. The standard InChI is InChI=1S/C16H14N2O3/c19-14-16(21,13-9-5-2-6-10-13)18(15(20)17-14)11-12-7-3-1-4-8-12/h1-10,21H,11H2,(H,17,19,20). The summed E-state index contributed by atoms with van der Waals surface area (Å²) in [6.07, 6.45) is 0. The van der Waals surface area contributed by atoms with Crippen LogP contribution in [-0.2, 0) is 17.1 Å². The number of rotatable bonds is 3. The number of urea groups is 1. The Morgan fingerprint density at radius 3 is 2.14 bits per heavy atom. The van der Waals surface area contributed by atoms with E-state index < -0.39 is 17.7 Å². The van der Waals surface area contributed by atoms with Crippen molar-refractivity contribution in [3.8, 4) is 0 Å². The highest BCUT2D eigenvalue weighted by molar-refractivity contribution is 6.06. The third-order valence-electron chi connectivity index (χ3n) is 3.53. The zero-order chi connectivity index (χ0) is 14.9. The van der Waals surface area contributed by atoms with Gasteiger partial charge in [-0.2, -0.15) is 0 Å². The van der Waals surface area contributed by atoms with Gasteiger partial charge in [0.1, 0.15) is 0 Å². The number of carbonyl (C=O) groups excluding carboxylic acids is 2. The topological polar surface area (TPSA) is 69.6 Å². The van der Waals surface area contributed by atoms with Crippen LogP contribution in [0.1, 0.15) is 11.1 Å². The van der Waals surface area contributed by atoms with Crippen molar-refractivity contribution in [2.45, 2.75) is 12.3 Å². The molecule has 1 saturated heterocycles. The fourth-order valence-corrected chi connectivity index (χ4v) is 2.43. The SMILES string of the molecule is O=C1NC(=O)C(O)(c2ccccc2)N1Cc1ccccc1. The molecule has 1 fully saturated rings. The maximum atomic E-state index is 12.1. The predicted octanol–water partition coefficient (Wildman–Crippen LogP) is 1.58. The van der Waals surface area contributed by atoms with Gasteiger partial charge in [0.15, 0.2) is 0 Å². The minimum absolute atomic E-state index is 0.143. The van der Waals surface area contributed by atoms with Crippen molar-refractivity contribution >= 4 is 11.9 Å². The van der Waals surface area contributed by atoms with Crippen molar-refractivity contribution in [3.05, 3.63) is 71.8 Å². The summed E-state index contributed by atoms with van der Waals surface area (Å²) in [4.78, 5) is 25.2. The lowest BCUT2D eigenvalue weighted by Crippen LogP contribution is -2.46. The Labute approximate surface area is 121 Å². The molecule has 5 nitrogen and oxygen atoms in total. The normalized spacial score (nSPS) is 21.5. The quantitative estimate of drug-likeness (QED) is 0.840. The second-order valence-corrected chi connectivity index (χ2v) is 4.87. The smallest absolute Gasteiger partial charge is 0.327 e. The molecule has 1 aliphatic heterocycles. The van der Waals surface area contributed by atoms with E-state index in [4.69, 9.17) is 0 Å². The highest BCUT2D eigenvalue weighted by Gasteiger charge is 2.53. The van der Waals surface area contributed by atoms with E-state index in [2.05, 4.69) is 5.32 Å². The number of benzene rings is 2. The number of amides is 3. The van der Waals surface area contributed by atoms with Crippen LogP contribution in [0.2, 0.25) is 0 Å². The summed E-state index contributed by atoms with van der Waals surface area (Å²) in [6.45, 7) is 0.143. The van der Waals surface area contributed by atoms with Crippen molar-refractivity contribution in [3.63, 3.8) is 0 Å². The van der Waals surface area contributed by atoms with Gasteiger partial charge in [0, 0.05) is 5.56 Å². The second kappa shape index (κ2) is 5.03. The van der Waals surface area contributed by atoms with Crippen molar-refractivity contribution in [2.75, 3.05) is 0 Å². The number of nitrogens with zero attached hydrogens (tertiary/aromatic N) is 1. The number of hydrogen-bond acceptors (Lipinski definition) is 3. The molecule has 1 unspecified atom stereocenters. The summed E-state index contributed by atoms with van der Waals surface area (Å²) in [7, 11) is 0. The Kier molecular flexibility index (Phi) is 3.19. The van der Waals surface area contributed by atoms with Crippen LogP contribution >= 0.6 is 0 Å². The van der Waals surface area contributed by atoms with Crippen molar-refractivity contribution in [2.24, 2.45) is 0 Å². The van der Waals surface area contributed by atoms with Gasteiger partial charge in [-0.05, 0) is 5.56 Å². The summed E-state index contributed by atoms with van der Waals surface area (Å²) in [5.74, 6) is -0.727. The fraction of sp³-hybridized carbons (Fsp3) is 0.125. The zero-order valence-electron chi connectivity index (χ0n) is 11.2. The van der Waals surface area contributed by atoms with Gasteiger partial charge in [-0.15, -0.1) is 0 Å². The molecular formula is C16H14N2O3. The van der Waals surface area contributed by atoms with Crippen LogP contribution in [0.3, 0.4) is 0 Å². The number of imide groups is 1. The Balaban J connectivity index is 2.00. The molecule has 1 atom stereocenters. The molecule has 2 N–H and O–H groups in total. The maximum Gasteiger partial charge on any atom is 0.327 e. The Morgan fingerprint density at radius 2 is 1.52 bits per heavy atom. The third-order valence-corrected chi connectivity index (χ3v) is 3.53. The average Bonchev–Trinajstić information content (AvgIpc) is 2.74. The summed E-state index contributed by atoms with van der Waals surface area (Å²) in [5, 5.41) is 13.0. The Hall–Kier alpha value is -2.66. The van der Waals surface area contributed by atoms with E-state index >= 15 is 0 Å². The van der Waals surface area contributed by atoms with Crippen molar-refractivity contribution in [1.82, 2.24) is 10.2 Å². The summed E-state index contributed by atoms with van der Waals surface area (Å²) in [5.41, 5.74) is -0.783. The molecule has 0 radical (unpaired) electrons. The fourth-order valence-electron chi connectivity index (χ4n) is 2.43. The molecule has 3 amide bonds. The molecule has 0 spiro atoms. The molecule has 21 heavy (non-hydrogen) atoms. The third kappa shape index (κ3) is 2.17. The number of hydrogen-bond donors (Lipinski definition) is 2. The summed E-state index contributed by atoms with van der Waals surface area (Å²) in [6, 6.07) is 17.1. The number of aliphatic hydroxyl groups is 1. The predicted molar refractivity (Wildman–Crippen MR) is 75.9 cm³/mol. The monoisotopic (exact) mass is 282 g/mol. The van der Waals surface area contributed by atoms with Gasteiger partial charge in [-0.25, -0.2) is 4.79 Å². The first-order chi connectivity index (χ1) is 10.1. The Bertz CT molecular complexity index is 672. The minimum Gasteiger partial charge on any atom is -0.359 e. The van der Waals surface area contributed by atoms with Crippen LogP contribution in [0.25, 0.3) is 0 Å². The van der Waals surface area contributed by atoms with E-state index in [1.807, 2.05) is 30.3 Å². The van der Waals surface area contributed by atoms with Gasteiger partial charge in [0.25, 0.3) is 5.91 Å². The molecule has 0 bridgehead atoms. The lowest BCUT2D eigenvalue weighted by Gasteiger charge is -2.30. The van der Waals surface area contributed by atoms with Crippen LogP contribution in [0.4, 0.5) is 4.79 Å². The largest absolute Gasteiger partial charge is 0.359 e. The molecule has 3 rings (SSSR count). The molecule has 0 aliphatic carbocycles. The minimum atomic E-state index is -1.98. The second-order valence-electron chi connectivity index (χ2n) is 4.87. The number of nitrogens with one attached hydrogen (secondary N) is 1. The first kappa shape index (κ1) is 13.3. The molecule has 5 heteroatoms. The molecule has 2 aromatic carbocycles. The zero-order valence-corrected chi connectivity index (χ0v) is 11.2. The highest BCUT2D eigenvalue weighted by atomic mass is 16.3. The molecule has 106 valence electrons. The van der Waals surface area contributed by atoms with E-state index in [1.165, 1.54) is 0 Å². The molecule has 0 saturated carbocycles. The van der Waals surface area contributed by atoms with Crippen molar-refractivity contribution < 1.29 is 14.7 Å². The molecule has 1 heterocycles. The van der Waals surface area contributed by atoms with E-state index in [0.29, 0.717) is 5.56 Å². The van der Waals surface area contributed by atoms with Crippen LogP contribution in [0, 0.1) is 0 Å². The van der Waals surface area contributed by atoms with Gasteiger partial charge in [-0.1, -0.05) is 60.7 Å². The molecular weight excluding hydrogens is 268 g/mol. The first-order valence-electron chi connectivity index (χ1n) is 6.57. The molecule has 0 aromatic heterocycles. The summed E-state index contributed by atoms with van der Waals surface area (Å²) >= 11 is 0. The molecule has 2 aromatic rings. The van der Waals surface area contributed by atoms with Gasteiger partial charge >= 0.3 is 6.03 Å². The van der Waals surface area contributed by atoms with Gasteiger partial charge in [0.05, 0.1) is 6.54 Å². The van der Waals surface area contributed by atoms with Crippen LogP contribution in [-0.4, -0.2) is 21.9 Å².